The van der Waals surface area contributed by atoms with Crippen molar-refractivity contribution < 1.29 is 19.1 Å². The number of nitrogens with zero attached hydrogens (tertiary/aromatic N) is 2. The van der Waals surface area contributed by atoms with Crippen molar-refractivity contribution in [3.63, 3.8) is 0 Å². The topological polar surface area (TPSA) is 103 Å². The summed E-state index contributed by atoms with van der Waals surface area (Å²) < 4.78 is 4.59. The fraction of sp³-hybridized carbons (Fsp3) is 0.786. The van der Waals surface area contributed by atoms with Crippen LogP contribution in [0.5, 0.6) is 0 Å². The van der Waals surface area contributed by atoms with Gasteiger partial charge in [-0.25, -0.2) is 9.80 Å². The van der Waals surface area contributed by atoms with Crippen LogP contribution >= 0.6 is 0 Å². The number of hydrogen-bond donors (Lipinski definition) is 1. The zero-order valence-electron chi connectivity index (χ0n) is 14.0. The number of amides is 2. The average Bonchev–Trinajstić information content (AvgIpc) is 2.36. The second-order valence-electron chi connectivity index (χ2n) is 5.83. The molecule has 0 heterocycles. The molecule has 0 atom stereocenters. The molecular weight excluding hydrogens is 288 g/mol. The summed E-state index contributed by atoms with van der Waals surface area (Å²) >= 11 is 0. The van der Waals surface area contributed by atoms with Crippen molar-refractivity contribution in [3.8, 4) is 0 Å². The van der Waals surface area contributed by atoms with Gasteiger partial charge in [0.25, 0.3) is 5.91 Å². The third kappa shape index (κ3) is 8.58. The van der Waals surface area contributed by atoms with Crippen molar-refractivity contribution in [3.05, 3.63) is 0 Å². The van der Waals surface area contributed by atoms with Gasteiger partial charge < -0.3 is 4.74 Å². The third-order valence-electron chi connectivity index (χ3n) is 2.46. The molecular formula is C14H27N4O4. The van der Waals surface area contributed by atoms with Crippen LogP contribution in [0.15, 0.2) is 0 Å². The summed E-state index contributed by atoms with van der Waals surface area (Å²) in [6, 6.07) is 0. The van der Waals surface area contributed by atoms with Crippen LogP contribution < -0.4 is 11.3 Å². The van der Waals surface area contributed by atoms with Gasteiger partial charge >= 0.3 is 11.9 Å². The maximum absolute atomic E-state index is 12.2. The molecule has 0 aromatic rings. The lowest BCUT2D eigenvalue weighted by Crippen LogP contribution is -2.53. The summed E-state index contributed by atoms with van der Waals surface area (Å²) in [7, 11) is 0. The monoisotopic (exact) mass is 315 g/mol. The van der Waals surface area contributed by atoms with Gasteiger partial charge in [-0.1, -0.05) is 27.7 Å². The number of rotatable bonds is 7. The Labute approximate surface area is 131 Å². The number of carbonyl (C=O) groups excluding carboxylic acids is 3. The van der Waals surface area contributed by atoms with Crippen LogP contribution in [0, 0.1) is 11.8 Å². The number of hydrogen-bond acceptors (Lipinski definition) is 5. The molecule has 1 radical (unpaired) electrons. The minimum atomic E-state index is -1.03. The Morgan fingerprint density at radius 1 is 1.09 bits per heavy atom. The Morgan fingerprint density at radius 2 is 1.64 bits per heavy atom. The second-order valence-corrected chi connectivity index (χ2v) is 5.83. The molecule has 8 nitrogen and oxygen atoms in total. The predicted molar refractivity (Wildman–Crippen MR) is 80.8 cm³/mol. The first-order valence-electron chi connectivity index (χ1n) is 7.41. The Bertz CT molecular complexity index is 385. The largest absolute Gasteiger partial charge is 0.459 e. The van der Waals surface area contributed by atoms with E-state index in [2.05, 4.69) is 10.2 Å². The summed E-state index contributed by atoms with van der Waals surface area (Å²) in [5.74, 6) is 5.60. The van der Waals surface area contributed by atoms with E-state index < -0.39 is 17.8 Å². The van der Waals surface area contributed by atoms with E-state index in [0.717, 1.165) is 10.0 Å². The van der Waals surface area contributed by atoms with E-state index in [1.54, 1.807) is 6.92 Å². The van der Waals surface area contributed by atoms with Gasteiger partial charge in [0.05, 0.1) is 13.2 Å². The van der Waals surface area contributed by atoms with E-state index in [-0.39, 0.29) is 31.5 Å². The first-order valence-corrected chi connectivity index (χ1v) is 7.41. The predicted octanol–water partition coefficient (Wildman–Crippen LogP) is 0.221. The summed E-state index contributed by atoms with van der Waals surface area (Å²) in [6.07, 6.45) is 0. The molecule has 0 spiro atoms. The summed E-state index contributed by atoms with van der Waals surface area (Å²) in [4.78, 5) is 35.2. The first kappa shape index (κ1) is 20.3. The molecule has 2 N–H and O–H groups in total. The highest BCUT2D eigenvalue weighted by Gasteiger charge is 2.23. The molecule has 0 fully saturated rings. The van der Waals surface area contributed by atoms with E-state index in [0.29, 0.717) is 6.54 Å². The normalized spacial score (nSPS) is 11.0. The molecule has 0 aliphatic carbocycles. The summed E-state index contributed by atoms with van der Waals surface area (Å²) in [6.45, 7) is 9.85. The van der Waals surface area contributed by atoms with E-state index >= 15 is 0 Å². The van der Waals surface area contributed by atoms with Crippen molar-refractivity contribution >= 4 is 17.8 Å². The SMILES string of the molecule is CCOC(=O)C(=O)NN(CC(C)C)C(=O)CN([NH])CC(C)C. The van der Waals surface area contributed by atoms with Crippen molar-refractivity contribution in [2.75, 3.05) is 26.2 Å². The molecule has 0 aromatic carbocycles. The minimum absolute atomic E-state index is 0.0826. The molecule has 0 saturated carbocycles. The van der Waals surface area contributed by atoms with Crippen molar-refractivity contribution in [2.45, 2.75) is 34.6 Å². The van der Waals surface area contributed by atoms with Gasteiger partial charge in [-0.05, 0) is 18.8 Å². The highest BCUT2D eigenvalue weighted by atomic mass is 16.5. The van der Waals surface area contributed by atoms with Crippen LogP contribution in [0.3, 0.4) is 0 Å². The summed E-state index contributed by atoms with van der Waals surface area (Å²) in [5, 5.41) is 2.21. The van der Waals surface area contributed by atoms with Gasteiger partial charge in [-0.3, -0.25) is 20.0 Å². The molecule has 0 aliphatic heterocycles. The molecule has 0 rings (SSSR count). The first-order chi connectivity index (χ1) is 10.2. The summed E-state index contributed by atoms with van der Waals surface area (Å²) in [5.41, 5.74) is 2.25. The van der Waals surface area contributed by atoms with Gasteiger partial charge in [0.15, 0.2) is 0 Å². The average molecular weight is 315 g/mol. The van der Waals surface area contributed by atoms with Crippen LogP contribution in [0.2, 0.25) is 0 Å². The molecule has 127 valence electrons. The van der Waals surface area contributed by atoms with Gasteiger partial charge in [0.1, 0.15) is 0 Å². The maximum Gasteiger partial charge on any atom is 0.398 e. The van der Waals surface area contributed by atoms with E-state index in [1.807, 2.05) is 27.7 Å². The van der Waals surface area contributed by atoms with Gasteiger partial charge in [-0.2, -0.15) is 5.84 Å². The lowest BCUT2D eigenvalue weighted by Gasteiger charge is -2.26. The molecule has 0 bridgehead atoms. The smallest absolute Gasteiger partial charge is 0.398 e. The Hall–Kier alpha value is -1.67. The molecule has 8 heteroatoms. The number of nitrogens with one attached hydrogen (secondary N) is 2. The highest BCUT2D eigenvalue weighted by molar-refractivity contribution is 6.32. The van der Waals surface area contributed by atoms with E-state index in [9.17, 15) is 14.4 Å². The molecule has 0 unspecified atom stereocenters. The van der Waals surface area contributed by atoms with Gasteiger partial charge in [-0.15, -0.1) is 0 Å². The van der Waals surface area contributed by atoms with Crippen LogP contribution in [0.25, 0.3) is 0 Å². The lowest BCUT2D eigenvalue weighted by atomic mass is 10.2. The van der Waals surface area contributed by atoms with Gasteiger partial charge in [0.2, 0.25) is 0 Å². The van der Waals surface area contributed by atoms with E-state index in [1.165, 1.54) is 0 Å². The number of carbonyl (C=O) groups is 3. The zero-order valence-corrected chi connectivity index (χ0v) is 14.0. The highest BCUT2D eigenvalue weighted by Crippen LogP contribution is 2.00. The fourth-order valence-corrected chi connectivity index (χ4v) is 1.69. The van der Waals surface area contributed by atoms with Crippen molar-refractivity contribution in [2.24, 2.45) is 11.8 Å². The van der Waals surface area contributed by atoms with Crippen molar-refractivity contribution in [1.82, 2.24) is 21.3 Å². The van der Waals surface area contributed by atoms with Crippen LogP contribution in [0.4, 0.5) is 0 Å². The molecule has 2 amide bonds. The molecule has 0 saturated heterocycles. The number of ether oxygens (including phenoxy) is 1. The molecule has 0 aromatic heterocycles. The Balaban J connectivity index is 4.71. The van der Waals surface area contributed by atoms with Crippen LogP contribution in [-0.4, -0.2) is 54.0 Å². The Morgan fingerprint density at radius 3 is 2.09 bits per heavy atom. The van der Waals surface area contributed by atoms with Crippen molar-refractivity contribution in [1.29, 1.82) is 0 Å². The number of esters is 1. The number of hydrazine groups is 1. The second kappa shape index (κ2) is 10.1. The molecule has 0 aliphatic rings. The van der Waals surface area contributed by atoms with E-state index in [4.69, 9.17) is 5.84 Å². The van der Waals surface area contributed by atoms with Crippen LogP contribution in [0.1, 0.15) is 34.6 Å². The Kier molecular flexibility index (Phi) is 9.35. The van der Waals surface area contributed by atoms with Crippen LogP contribution in [-0.2, 0) is 19.1 Å². The lowest BCUT2D eigenvalue weighted by molar-refractivity contribution is -0.159. The fourth-order valence-electron chi connectivity index (χ4n) is 1.69. The maximum atomic E-state index is 12.2. The van der Waals surface area contributed by atoms with Gasteiger partial charge in [0, 0.05) is 13.1 Å². The third-order valence-corrected chi connectivity index (χ3v) is 2.46. The zero-order chi connectivity index (χ0) is 17.3. The standard InChI is InChI=1S/C14H27N4O4/c1-6-22-14(21)13(20)16-18(8-11(4)5)12(19)9-17(15)7-10(2)3/h10-11,15H,6-9H2,1-5H3,(H,16,20). The molecule has 22 heavy (non-hydrogen) atoms. The quantitative estimate of drug-likeness (QED) is 0.411. The minimum Gasteiger partial charge on any atom is -0.459 e.